The minimum atomic E-state index is 0.711. The second-order valence-corrected chi connectivity index (χ2v) is 3.54. The average molecular weight is 193 g/mol. The first-order chi connectivity index (χ1) is 6.16. The highest BCUT2D eigenvalue weighted by Crippen LogP contribution is 2.20. The van der Waals surface area contributed by atoms with Crippen molar-refractivity contribution in [3.8, 4) is 0 Å². The Morgan fingerprint density at radius 1 is 1.23 bits per heavy atom. The van der Waals surface area contributed by atoms with E-state index in [0.717, 1.165) is 22.3 Å². The van der Waals surface area contributed by atoms with E-state index < -0.39 is 0 Å². The zero-order chi connectivity index (χ0) is 9.42. The molecule has 0 saturated heterocycles. The summed E-state index contributed by atoms with van der Waals surface area (Å²) in [6.45, 7) is 3.92. The molecule has 13 heavy (non-hydrogen) atoms. The van der Waals surface area contributed by atoms with Gasteiger partial charge >= 0.3 is 0 Å². The Morgan fingerprint density at radius 2 is 2.00 bits per heavy atom. The van der Waals surface area contributed by atoms with E-state index >= 15 is 0 Å². The van der Waals surface area contributed by atoms with E-state index in [-0.39, 0.29) is 0 Å². The van der Waals surface area contributed by atoms with E-state index in [4.69, 9.17) is 11.6 Å². The molecule has 0 unspecified atom stereocenters. The molecule has 2 rings (SSSR count). The van der Waals surface area contributed by atoms with Gasteiger partial charge in [0.15, 0.2) is 0 Å². The molecular formula is C10H9ClN2. The topological polar surface area (TPSA) is 25.8 Å². The summed E-state index contributed by atoms with van der Waals surface area (Å²) >= 11 is 5.90. The zero-order valence-electron chi connectivity index (χ0n) is 7.50. The molecule has 2 nitrogen and oxygen atoms in total. The van der Waals surface area contributed by atoms with Crippen LogP contribution >= 0.6 is 11.6 Å². The molecule has 1 aromatic heterocycles. The van der Waals surface area contributed by atoms with Crippen LogP contribution in [0.15, 0.2) is 18.3 Å². The molecule has 0 saturated carbocycles. The molecule has 0 atom stereocenters. The monoisotopic (exact) mass is 192 g/mol. The van der Waals surface area contributed by atoms with Crippen molar-refractivity contribution in [1.29, 1.82) is 0 Å². The van der Waals surface area contributed by atoms with Crippen LogP contribution in [0.4, 0.5) is 0 Å². The van der Waals surface area contributed by atoms with Gasteiger partial charge in [0.2, 0.25) is 0 Å². The summed E-state index contributed by atoms with van der Waals surface area (Å²) in [7, 11) is 0. The van der Waals surface area contributed by atoms with E-state index in [0.29, 0.717) is 5.02 Å². The summed E-state index contributed by atoms with van der Waals surface area (Å²) < 4.78 is 0. The number of nitrogens with zero attached hydrogens (tertiary/aromatic N) is 2. The van der Waals surface area contributed by atoms with Gasteiger partial charge in [-0.25, -0.2) is 4.98 Å². The van der Waals surface area contributed by atoms with Gasteiger partial charge in [-0.1, -0.05) is 11.6 Å². The van der Waals surface area contributed by atoms with E-state index in [9.17, 15) is 0 Å². The van der Waals surface area contributed by atoms with Gasteiger partial charge in [-0.3, -0.25) is 4.98 Å². The first-order valence-electron chi connectivity index (χ1n) is 4.06. The third-order valence-electron chi connectivity index (χ3n) is 1.92. The normalized spacial score (nSPS) is 10.7. The van der Waals surface area contributed by atoms with Gasteiger partial charge in [0.05, 0.1) is 16.7 Å². The summed E-state index contributed by atoms with van der Waals surface area (Å²) in [6.07, 6.45) is 1.75. The first-order valence-corrected chi connectivity index (χ1v) is 4.44. The van der Waals surface area contributed by atoms with Crippen LogP contribution in [0.2, 0.25) is 5.02 Å². The summed E-state index contributed by atoms with van der Waals surface area (Å²) in [5.41, 5.74) is 3.79. The summed E-state index contributed by atoms with van der Waals surface area (Å²) in [5.74, 6) is 0. The van der Waals surface area contributed by atoms with E-state index in [1.807, 2.05) is 26.0 Å². The average Bonchev–Trinajstić information content (AvgIpc) is 2.06. The van der Waals surface area contributed by atoms with E-state index in [2.05, 4.69) is 9.97 Å². The second kappa shape index (κ2) is 2.96. The second-order valence-electron chi connectivity index (χ2n) is 3.10. The zero-order valence-corrected chi connectivity index (χ0v) is 8.26. The van der Waals surface area contributed by atoms with Crippen LogP contribution in [0, 0.1) is 13.8 Å². The van der Waals surface area contributed by atoms with Crippen molar-refractivity contribution < 1.29 is 0 Å². The number of fused-ring (bicyclic) bond motifs is 1. The summed E-state index contributed by atoms with van der Waals surface area (Å²) in [4.78, 5) is 8.65. The van der Waals surface area contributed by atoms with Crippen LogP contribution in [-0.2, 0) is 0 Å². The van der Waals surface area contributed by atoms with Gasteiger partial charge in [0.1, 0.15) is 0 Å². The van der Waals surface area contributed by atoms with Gasteiger partial charge < -0.3 is 0 Å². The number of rotatable bonds is 0. The third-order valence-corrected chi connectivity index (χ3v) is 2.14. The fraction of sp³-hybridized carbons (Fsp3) is 0.200. The molecule has 0 fully saturated rings. The molecule has 3 heteroatoms. The maximum atomic E-state index is 5.90. The fourth-order valence-corrected chi connectivity index (χ4v) is 1.60. The van der Waals surface area contributed by atoms with Gasteiger partial charge in [-0.15, -0.1) is 0 Å². The maximum absolute atomic E-state index is 5.90. The van der Waals surface area contributed by atoms with Crippen LogP contribution in [0.25, 0.3) is 11.0 Å². The largest absolute Gasteiger partial charge is 0.253 e. The maximum Gasteiger partial charge on any atom is 0.0920 e. The van der Waals surface area contributed by atoms with E-state index in [1.165, 1.54) is 0 Å². The molecule has 2 aromatic rings. The molecule has 0 bridgehead atoms. The highest BCUT2D eigenvalue weighted by molar-refractivity contribution is 6.31. The van der Waals surface area contributed by atoms with Gasteiger partial charge in [0, 0.05) is 11.2 Å². The number of aromatic nitrogens is 2. The summed E-state index contributed by atoms with van der Waals surface area (Å²) in [5, 5.41) is 0.711. The molecule has 1 heterocycles. The van der Waals surface area contributed by atoms with Crippen molar-refractivity contribution >= 4 is 22.6 Å². The molecule has 0 spiro atoms. The third kappa shape index (κ3) is 1.49. The lowest BCUT2D eigenvalue weighted by atomic mass is 10.2. The van der Waals surface area contributed by atoms with Crippen molar-refractivity contribution in [2.75, 3.05) is 0 Å². The van der Waals surface area contributed by atoms with Crippen LogP contribution in [-0.4, -0.2) is 9.97 Å². The number of hydrogen-bond donors (Lipinski definition) is 0. The lowest BCUT2D eigenvalue weighted by molar-refractivity contribution is 1.17. The standard InChI is InChI=1S/C10H9ClN2/c1-6-3-8(11)4-9-10(6)13-7(2)5-12-9/h3-5H,1-2H3. The van der Waals surface area contributed by atoms with Crippen LogP contribution in [0.5, 0.6) is 0 Å². The lowest BCUT2D eigenvalue weighted by Crippen LogP contribution is -1.89. The number of aryl methyl sites for hydroxylation is 2. The predicted octanol–water partition coefficient (Wildman–Crippen LogP) is 2.90. The quantitative estimate of drug-likeness (QED) is 0.642. The first kappa shape index (κ1) is 8.45. The molecule has 0 aliphatic rings. The highest BCUT2D eigenvalue weighted by Gasteiger charge is 2.01. The lowest BCUT2D eigenvalue weighted by Gasteiger charge is -2.01. The predicted molar refractivity (Wildman–Crippen MR) is 54.0 cm³/mol. The SMILES string of the molecule is Cc1cnc2cc(Cl)cc(C)c2n1. The minimum Gasteiger partial charge on any atom is -0.253 e. The van der Waals surface area contributed by atoms with Gasteiger partial charge in [0.25, 0.3) is 0 Å². The molecule has 0 aliphatic heterocycles. The molecule has 0 radical (unpaired) electrons. The molecular weight excluding hydrogens is 184 g/mol. The molecule has 0 N–H and O–H groups in total. The van der Waals surface area contributed by atoms with Crippen molar-refractivity contribution in [3.63, 3.8) is 0 Å². The van der Waals surface area contributed by atoms with Gasteiger partial charge in [-0.05, 0) is 31.5 Å². The molecule has 0 amide bonds. The Kier molecular flexibility index (Phi) is 1.93. The highest BCUT2D eigenvalue weighted by atomic mass is 35.5. The van der Waals surface area contributed by atoms with E-state index in [1.54, 1.807) is 6.20 Å². The molecule has 1 aromatic carbocycles. The van der Waals surface area contributed by atoms with Crippen molar-refractivity contribution in [2.24, 2.45) is 0 Å². The Morgan fingerprint density at radius 3 is 2.77 bits per heavy atom. The molecule has 66 valence electrons. The number of benzene rings is 1. The fourth-order valence-electron chi connectivity index (χ4n) is 1.33. The van der Waals surface area contributed by atoms with Crippen molar-refractivity contribution in [3.05, 3.63) is 34.6 Å². The number of hydrogen-bond acceptors (Lipinski definition) is 2. The van der Waals surface area contributed by atoms with Crippen LogP contribution in [0.1, 0.15) is 11.3 Å². The van der Waals surface area contributed by atoms with Crippen molar-refractivity contribution in [2.45, 2.75) is 13.8 Å². The van der Waals surface area contributed by atoms with Crippen LogP contribution in [0.3, 0.4) is 0 Å². The van der Waals surface area contributed by atoms with Crippen LogP contribution < -0.4 is 0 Å². The van der Waals surface area contributed by atoms with Crippen molar-refractivity contribution in [1.82, 2.24) is 9.97 Å². The Balaban J connectivity index is 2.87. The Hall–Kier alpha value is -1.15. The number of halogens is 1. The summed E-state index contributed by atoms with van der Waals surface area (Å²) in [6, 6.07) is 3.73. The molecule has 0 aliphatic carbocycles. The minimum absolute atomic E-state index is 0.711. The van der Waals surface area contributed by atoms with Gasteiger partial charge in [-0.2, -0.15) is 0 Å². The Bertz CT molecular complexity index is 466. The Labute approximate surface area is 81.6 Å². The smallest absolute Gasteiger partial charge is 0.0920 e.